The summed E-state index contributed by atoms with van der Waals surface area (Å²) in [6.07, 6.45) is 29.4. The summed E-state index contributed by atoms with van der Waals surface area (Å²) >= 11 is 0. The predicted octanol–water partition coefficient (Wildman–Crippen LogP) is 9.65. The highest BCUT2D eigenvalue weighted by molar-refractivity contribution is 4.67. The van der Waals surface area contributed by atoms with Crippen molar-refractivity contribution in [2.75, 3.05) is 0 Å². The number of hydrogen-bond donors (Lipinski definition) is 0. The first-order valence-electron chi connectivity index (χ1n) is 11.9. The molecule has 0 saturated carbocycles. The van der Waals surface area contributed by atoms with E-state index in [2.05, 4.69) is 39.2 Å². The van der Waals surface area contributed by atoms with Crippen LogP contribution in [-0.2, 0) is 0 Å². The molecule has 0 aromatic rings. The monoisotopic (exact) mass is 362 g/mol. The summed E-state index contributed by atoms with van der Waals surface area (Å²) < 4.78 is 0. The molecule has 0 heterocycles. The van der Waals surface area contributed by atoms with Gasteiger partial charge >= 0.3 is 0 Å². The van der Waals surface area contributed by atoms with Crippen LogP contribution in [0.4, 0.5) is 0 Å². The first-order valence-corrected chi connectivity index (χ1v) is 11.9. The third-order valence-corrected chi connectivity index (χ3v) is 5.91. The van der Waals surface area contributed by atoms with Gasteiger partial charge in [-0.2, -0.15) is 0 Å². The second kappa shape index (κ2) is 20.8. The lowest BCUT2D eigenvalue weighted by molar-refractivity contribution is 0.312. The van der Waals surface area contributed by atoms with E-state index in [4.69, 9.17) is 0 Å². The summed E-state index contributed by atoms with van der Waals surface area (Å²) in [7, 11) is 0. The third-order valence-electron chi connectivity index (χ3n) is 5.91. The van der Waals surface area contributed by atoms with Gasteiger partial charge in [0.2, 0.25) is 0 Å². The van der Waals surface area contributed by atoms with Crippen LogP contribution in [0.5, 0.6) is 0 Å². The van der Waals surface area contributed by atoms with Crippen molar-refractivity contribution in [2.24, 2.45) is 11.8 Å². The molecule has 0 aromatic heterocycles. The highest BCUT2D eigenvalue weighted by atomic mass is 14.2. The highest BCUT2D eigenvalue weighted by Gasteiger charge is 2.12. The lowest BCUT2D eigenvalue weighted by Gasteiger charge is -2.20. The van der Waals surface area contributed by atoms with E-state index in [1.54, 1.807) is 0 Å². The SMILES string of the molecule is C=CCCCCCCCCCC(CCCCCCCCCC=C)C(C)C. The van der Waals surface area contributed by atoms with Gasteiger partial charge < -0.3 is 0 Å². The lowest BCUT2D eigenvalue weighted by Crippen LogP contribution is -2.08. The summed E-state index contributed by atoms with van der Waals surface area (Å²) in [4.78, 5) is 0. The van der Waals surface area contributed by atoms with Crippen molar-refractivity contribution in [1.82, 2.24) is 0 Å². The Morgan fingerprint density at radius 3 is 1.12 bits per heavy atom. The van der Waals surface area contributed by atoms with Gasteiger partial charge in [0.15, 0.2) is 0 Å². The normalized spacial score (nSPS) is 11.4. The molecule has 0 bridgehead atoms. The van der Waals surface area contributed by atoms with Crippen molar-refractivity contribution in [1.29, 1.82) is 0 Å². The standard InChI is InChI=1S/C26H50/c1-5-7-9-11-13-15-17-19-21-23-26(25(3)4)24-22-20-18-16-14-12-10-8-6-2/h5-6,25-26H,1-2,7-24H2,3-4H3. The zero-order chi connectivity index (χ0) is 19.3. The molecular formula is C26H50. The first kappa shape index (κ1) is 25.5. The van der Waals surface area contributed by atoms with Gasteiger partial charge in [-0.15, -0.1) is 13.2 Å². The Bertz CT molecular complexity index is 262. The van der Waals surface area contributed by atoms with E-state index in [1.807, 2.05) is 0 Å². The maximum atomic E-state index is 3.80. The van der Waals surface area contributed by atoms with Gasteiger partial charge in [-0.25, -0.2) is 0 Å². The Hall–Kier alpha value is -0.520. The maximum Gasteiger partial charge on any atom is -0.0353 e. The van der Waals surface area contributed by atoms with Crippen LogP contribution in [0.2, 0.25) is 0 Å². The Kier molecular flexibility index (Phi) is 20.4. The summed E-state index contributed by atoms with van der Waals surface area (Å²) in [6, 6.07) is 0. The molecule has 0 aromatic carbocycles. The highest BCUT2D eigenvalue weighted by Crippen LogP contribution is 2.25. The molecule has 0 heteroatoms. The molecule has 0 aliphatic carbocycles. The Morgan fingerprint density at radius 1 is 0.500 bits per heavy atom. The van der Waals surface area contributed by atoms with E-state index in [-0.39, 0.29) is 0 Å². The summed E-state index contributed by atoms with van der Waals surface area (Å²) in [5, 5.41) is 0. The van der Waals surface area contributed by atoms with Crippen molar-refractivity contribution in [2.45, 2.75) is 129 Å². The minimum atomic E-state index is 0.868. The van der Waals surface area contributed by atoms with E-state index >= 15 is 0 Å². The second-order valence-corrected chi connectivity index (χ2v) is 8.69. The van der Waals surface area contributed by atoms with Crippen LogP contribution in [0.25, 0.3) is 0 Å². The molecule has 0 saturated heterocycles. The smallest absolute Gasteiger partial charge is 0.0353 e. The Balaban J connectivity index is 3.48. The minimum Gasteiger partial charge on any atom is -0.103 e. The number of allylic oxidation sites excluding steroid dienone is 2. The molecule has 0 nitrogen and oxygen atoms in total. The zero-order valence-corrected chi connectivity index (χ0v) is 18.5. The lowest BCUT2D eigenvalue weighted by atomic mass is 9.85. The van der Waals surface area contributed by atoms with Crippen LogP contribution in [-0.4, -0.2) is 0 Å². The fourth-order valence-corrected chi connectivity index (χ4v) is 3.97. The van der Waals surface area contributed by atoms with Crippen molar-refractivity contribution < 1.29 is 0 Å². The molecule has 26 heavy (non-hydrogen) atoms. The molecule has 0 N–H and O–H groups in total. The average molecular weight is 363 g/mol. The van der Waals surface area contributed by atoms with Gasteiger partial charge in [0.25, 0.3) is 0 Å². The number of rotatable bonds is 21. The Morgan fingerprint density at radius 2 is 0.808 bits per heavy atom. The third kappa shape index (κ3) is 18.3. The van der Waals surface area contributed by atoms with Gasteiger partial charge in [0.1, 0.15) is 0 Å². The molecule has 0 aliphatic heterocycles. The van der Waals surface area contributed by atoms with Gasteiger partial charge in [-0.05, 0) is 37.5 Å². The van der Waals surface area contributed by atoms with Crippen LogP contribution in [0.15, 0.2) is 25.3 Å². The number of hydrogen-bond acceptors (Lipinski definition) is 0. The van der Waals surface area contributed by atoms with Gasteiger partial charge in [0.05, 0.1) is 0 Å². The van der Waals surface area contributed by atoms with Crippen LogP contribution in [0.1, 0.15) is 129 Å². The fraction of sp³-hybridized carbons (Fsp3) is 0.846. The van der Waals surface area contributed by atoms with Gasteiger partial charge in [0, 0.05) is 0 Å². The molecular weight excluding hydrogens is 312 g/mol. The quantitative estimate of drug-likeness (QED) is 0.141. The van der Waals surface area contributed by atoms with Gasteiger partial charge in [-0.1, -0.05) is 116 Å². The molecule has 0 aliphatic rings. The van der Waals surface area contributed by atoms with E-state index in [0.717, 1.165) is 11.8 Å². The summed E-state index contributed by atoms with van der Waals surface area (Å²) in [5.41, 5.74) is 0. The molecule has 0 amide bonds. The predicted molar refractivity (Wildman–Crippen MR) is 122 cm³/mol. The van der Waals surface area contributed by atoms with Crippen LogP contribution >= 0.6 is 0 Å². The average Bonchev–Trinajstić information content (AvgIpc) is 2.63. The minimum absolute atomic E-state index is 0.868. The molecule has 0 radical (unpaired) electrons. The van der Waals surface area contributed by atoms with Gasteiger partial charge in [-0.3, -0.25) is 0 Å². The van der Waals surface area contributed by atoms with Crippen LogP contribution in [0.3, 0.4) is 0 Å². The molecule has 0 rings (SSSR count). The molecule has 0 spiro atoms. The molecule has 154 valence electrons. The van der Waals surface area contributed by atoms with E-state index in [9.17, 15) is 0 Å². The topological polar surface area (TPSA) is 0 Å². The van der Waals surface area contributed by atoms with Crippen molar-refractivity contribution in [3.05, 3.63) is 25.3 Å². The summed E-state index contributed by atoms with van der Waals surface area (Å²) in [6.45, 7) is 12.5. The largest absolute Gasteiger partial charge is 0.103 e. The first-order chi connectivity index (χ1) is 12.7. The van der Waals surface area contributed by atoms with Crippen LogP contribution in [0, 0.1) is 11.8 Å². The van der Waals surface area contributed by atoms with Crippen LogP contribution < -0.4 is 0 Å². The maximum absolute atomic E-state index is 3.80. The van der Waals surface area contributed by atoms with E-state index in [0.29, 0.717) is 0 Å². The molecule has 0 unspecified atom stereocenters. The fourth-order valence-electron chi connectivity index (χ4n) is 3.97. The zero-order valence-electron chi connectivity index (χ0n) is 18.5. The van der Waals surface area contributed by atoms with Crippen molar-refractivity contribution in [3.63, 3.8) is 0 Å². The Labute approximate surface area is 166 Å². The number of unbranched alkanes of at least 4 members (excludes halogenated alkanes) is 14. The molecule has 0 atom stereocenters. The van der Waals surface area contributed by atoms with Crippen molar-refractivity contribution >= 4 is 0 Å². The van der Waals surface area contributed by atoms with E-state index < -0.39 is 0 Å². The van der Waals surface area contributed by atoms with E-state index in [1.165, 1.54) is 116 Å². The molecule has 0 fully saturated rings. The second-order valence-electron chi connectivity index (χ2n) is 8.69. The van der Waals surface area contributed by atoms with Crippen molar-refractivity contribution in [3.8, 4) is 0 Å². The summed E-state index contributed by atoms with van der Waals surface area (Å²) in [5.74, 6) is 1.84.